The first-order chi connectivity index (χ1) is 7.38. The number of hydrogen-bond acceptors (Lipinski definition) is 2. The molecule has 0 fully saturated rings. The van der Waals surface area contributed by atoms with Gasteiger partial charge in [-0.3, -0.25) is 0 Å². The van der Waals surface area contributed by atoms with Crippen molar-refractivity contribution in [3.05, 3.63) is 42.2 Å². The van der Waals surface area contributed by atoms with Crippen LogP contribution in [0.3, 0.4) is 0 Å². The van der Waals surface area contributed by atoms with Gasteiger partial charge in [0.25, 0.3) is 0 Å². The SMILES string of the molecule is NCc1nc2c(ccc3ccccc32)[nH]1.[Cl-].[Cl-]. The molecule has 0 saturated carbocycles. The quantitative estimate of drug-likeness (QED) is 0.475. The number of fused-ring (bicyclic) bond motifs is 3. The summed E-state index contributed by atoms with van der Waals surface area (Å²) in [6.07, 6.45) is 0. The largest absolute Gasteiger partial charge is 1.00 e. The molecule has 0 amide bonds. The van der Waals surface area contributed by atoms with Gasteiger partial charge in [0.2, 0.25) is 0 Å². The predicted molar refractivity (Wildman–Crippen MR) is 61.5 cm³/mol. The van der Waals surface area contributed by atoms with E-state index in [1.807, 2.05) is 18.2 Å². The number of nitrogens with zero attached hydrogens (tertiary/aromatic N) is 1. The Kier molecular flexibility index (Phi) is 4.34. The first-order valence-corrected chi connectivity index (χ1v) is 4.95. The predicted octanol–water partition coefficient (Wildman–Crippen LogP) is -3.82. The average molecular weight is 268 g/mol. The molecule has 0 saturated heterocycles. The summed E-state index contributed by atoms with van der Waals surface area (Å²) in [7, 11) is 0. The van der Waals surface area contributed by atoms with Crippen LogP contribution in [0.4, 0.5) is 0 Å². The fraction of sp³-hybridized carbons (Fsp3) is 0.0833. The number of aromatic amines is 1. The molecule has 0 radical (unpaired) electrons. The number of imidazole rings is 1. The molecule has 0 bridgehead atoms. The van der Waals surface area contributed by atoms with E-state index in [9.17, 15) is 0 Å². The Bertz CT molecular complexity index is 634. The molecule has 0 aliphatic heterocycles. The highest BCUT2D eigenvalue weighted by molar-refractivity contribution is 6.04. The zero-order chi connectivity index (χ0) is 10.3. The van der Waals surface area contributed by atoms with Gasteiger partial charge in [-0.05, 0) is 11.5 Å². The maximum absolute atomic E-state index is 5.56. The molecule has 0 spiro atoms. The minimum atomic E-state index is 0. The van der Waals surface area contributed by atoms with E-state index in [4.69, 9.17) is 5.73 Å². The lowest BCUT2D eigenvalue weighted by Crippen LogP contribution is -3.00. The summed E-state index contributed by atoms with van der Waals surface area (Å²) in [5.41, 5.74) is 7.62. The number of rotatable bonds is 1. The number of aromatic nitrogens is 2. The van der Waals surface area contributed by atoms with Gasteiger partial charge in [0.1, 0.15) is 5.82 Å². The molecular weight excluding hydrogens is 257 g/mol. The molecular formula is C12H11Cl2N3-2. The number of nitrogens with two attached hydrogens (primary N) is 1. The van der Waals surface area contributed by atoms with Crippen LogP contribution in [-0.4, -0.2) is 9.97 Å². The lowest BCUT2D eigenvalue weighted by molar-refractivity contribution is -0.00100. The van der Waals surface area contributed by atoms with Crippen LogP contribution in [0.2, 0.25) is 0 Å². The lowest BCUT2D eigenvalue weighted by Gasteiger charge is -1.96. The van der Waals surface area contributed by atoms with Crippen molar-refractivity contribution in [2.24, 2.45) is 5.73 Å². The molecule has 1 heterocycles. The third kappa shape index (κ3) is 2.22. The molecule has 5 heteroatoms. The zero-order valence-corrected chi connectivity index (χ0v) is 10.5. The number of H-pyrrole nitrogens is 1. The molecule has 3 N–H and O–H groups in total. The van der Waals surface area contributed by atoms with Gasteiger partial charge in [-0.1, -0.05) is 30.3 Å². The molecule has 0 unspecified atom stereocenters. The summed E-state index contributed by atoms with van der Waals surface area (Å²) in [5, 5.41) is 2.38. The van der Waals surface area contributed by atoms with E-state index >= 15 is 0 Å². The number of hydrogen-bond donors (Lipinski definition) is 2. The zero-order valence-electron chi connectivity index (χ0n) is 8.95. The van der Waals surface area contributed by atoms with Crippen LogP contribution >= 0.6 is 0 Å². The fourth-order valence-corrected chi connectivity index (χ4v) is 1.89. The molecule has 0 aliphatic rings. The maximum atomic E-state index is 5.56. The Morgan fingerprint density at radius 1 is 1.06 bits per heavy atom. The van der Waals surface area contributed by atoms with Crippen LogP contribution < -0.4 is 30.5 Å². The third-order valence-corrected chi connectivity index (χ3v) is 2.62. The first kappa shape index (κ1) is 13.8. The smallest absolute Gasteiger partial charge is 0.121 e. The summed E-state index contributed by atoms with van der Waals surface area (Å²) in [6, 6.07) is 12.4. The summed E-state index contributed by atoms with van der Waals surface area (Å²) in [6.45, 7) is 0.447. The topological polar surface area (TPSA) is 54.7 Å². The Balaban J connectivity index is 0.000000722. The van der Waals surface area contributed by atoms with Gasteiger partial charge in [-0.25, -0.2) is 4.98 Å². The molecule has 90 valence electrons. The normalized spacial score (nSPS) is 9.94. The highest BCUT2D eigenvalue weighted by Gasteiger charge is 2.04. The van der Waals surface area contributed by atoms with Crippen LogP contribution in [-0.2, 0) is 6.54 Å². The molecule has 0 atom stereocenters. The Morgan fingerprint density at radius 3 is 2.59 bits per heavy atom. The second kappa shape index (κ2) is 5.36. The lowest BCUT2D eigenvalue weighted by atomic mass is 10.1. The van der Waals surface area contributed by atoms with Crippen molar-refractivity contribution in [2.45, 2.75) is 6.54 Å². The number of nitrogens with one attached hydrogen (secondary N) is 1. The minimum Gasteiger partial charge on any atom is -1.00 e. The molecule has 3 nitrogen and oxygen atoms in total. The molecule has 1 aromatic heterocycles. The van der Waals surface area contributed by atoms with Crippen LogP contribution in [0, 0.1) is 0 Å². The van der Waals surface area contributed by atoms with Crippen molar-refractivity contribution >= 4 is 21.8 Å². The second-order valence-electron chi connectivity index (χ2n) is 3.57. The van der Waals surface area contributed by atoms with Gasteiger partial charge in [0.05, 0.1) is 17.6 Å². The molecule has 3 rings (SSSR count). The van der Waals surface area contributed by atoms with Crippen molar-refractivity contribution in [1.29, 1.82) is 0 Å². The van der Waals surface area contributed by atoms with Gasteiger partial charge < -0.3 is 35.5 Å². The monoisotopic (exact) mass is 267 g/mol. The summed E-state index contributed by atoms with van der Waals surface area (Å²) in [4.78, 5) is 7.68. The van der Waals surface area contributed by atoms with Gasteiger partial charge in [-0.2, -0.15) is 0 Å². The van der Waals surface area contributed by atoms with Crippen molar-refractivity contribution in [3.63, 3.8) is 0 Å². The standard InChI is InChI=1S/C12H11N3.2ClH/c13-7-11-14-10-6-5-8-3-1-2-4-9(8)12(10)15-11;;/h1-6H,7,13H2,(H,14,15);2*1H/p-2. The van der Waals surface area contributed by atoms with Gasteiger partial charge >= 0.3 is 0 Å². The van der Waals surface area contributed by atoms with Crippen molar-refractivity contribution < 1.29 is 24.8 Å². The molecule has 17 heavy (non-hydrogen) atoms. The van der Waals surface area contributed by atoms with Crippen LogP contribution in [0.1, 0.15) is 5.82 Å². The van der Waals surface area contributed by atoms with Crippen LogP contribution in [0.25, 0.3) is 21.8 Å². The summed E-state index contributed by atoms with van der Waals surface area (Å²) >= 11 is 0. The number of halogens is 2. The van der Waals surface area contributed by atoms with E-state index in [1.54, 1.807) is 0 Å². The van der Waals surface area contributed by atoms with Crippen molar-refractivity contribution in [2.75, 3.05) is 0 Å². The van der Waals surface area contributed by atoms with E-state index in [-0.39, 0.29) is 24.8 Å². The van der Waals surface area contributed by atoms with Gasteiger partial charge in [-0.15, -0.1) is 0 Å². The minimum absolute atomic E-state index is 0. The maximum Gasteiger partial charge on any atom is 0.121 e. The highest BCUT2D eigenvalue weighted by Crippen LogP contribution is 2.23. The van der Waals surface area contributed by atoms with Crippen LogP contribution in [0.15, 0.2) is 36.4 Å². The van der Waals surface area contributed by atoms with E-state index in [0.29, 0.717) is 6.54 Å². The van der Waals surface area contributed by atoms with E-state index < -0.39 is 0 Å². The number of benzene rings is 2. The fourth-order valence-electron chi connectivity index (χ4n) is 1.89. The molecule has 3 aromatic rings. The Morgan fingerprint density at radius 2 is 1.82 bits per heavy atom. The van der Waals surface area contributed by atoms with Gasteiger partial charge in [0.15, 0.2) is 0 Å². The van der Waals surface area contributed by atoms with E-state index in [0.717, 1.165) is 16.9 Å². The van der Waals surface area contributed by atoms with Crippen molar-refractivity contribution in [3.8, 4) is 0 Å². The highest BCUT2D eigenvalue weighted by atomic mass is 35.5. The summed E-state index contributed by atoms with van der Waals surface area (Å²) < 4.78 is 0. The third-order valence-electron chi connectivity index (χ3n) is 2.62. The second-order valence-corrected chi connectivity index (χ2v) is 3.57. The summed E-state index contributed by atoms with van der Waals surface area (Å²) in [5.74, 6) is 0.835. The Labute approximate surface area is 111 Å². The van der Waals surface area contributed by atoms with Crippen LogP contribution in [0.5, 0.6) is 0 Å². The molecule has 0 aliphatic carbocycles. The first-order valence-electron chi connectivity index (χ1n) is 4.95. The van der Waals surface area contributed by atoms with E-state index in [1.165, 1.54) is 10.8 Å². The van der Waals surface area contributed by atoms with E-state index in [2.05, 4.69) is 28.2 Å². The average Bonchev–Trinajstić information content (AvgIpc) is 2.72. The Hall–Kier alpha value is -1.29. The molecule has 2 aromatic carbocycles. The van der Waals surface area contributed by atoms with Gasteiger partial charge in [0, 0.05) is 5.39 Å². The van der Waals surface area contributed by atoms with Crippen molar-refractivity contribution in [1.82, 2.24) is 9.97 Å².